The van der Waals surface area contributed by atoms with Crippen molar-refractivity contribution in [2.45, 2.75) is 71.3 Å². The van der Waals surface area contributed by atoms with Gasteiger partial charge in [-0.1, -0.05) is 20.8 Å². The number of alkyl halides is 3. The Morgan fingerprint density at radius 2 is 1.66 bits per heavy atom. The zero-order valence-electron chi connectivity index (χ0n) is 19.2. The summed E-state index contributed by atoms with van der Waals surface area (Å²) in [5, 5.41) is 15.3. The summed E-state index contributed by atoms with van der Waals surface area (Å²) in [6, 6.07) is 0. The summed E-state index contributed by atoms with van der Waals surface area (Å²) in [7, 11) is 1.71. The van der Waals surface area contributed by atoms with Gasteiger partial charge in [0.1, 0.15) is 0 Å². The monoisotopic (exact) mass is 454 g/mol. The molecule has 10 heteroatoms. The average Bonchev–Trinajstić information content (AvgIpc) is 3.32. The van der Waals surface area contributed by atoms with Crippen molar-refractivity contribution in [3.05, 3.63) is 33.9 Å². The number of ether oxygens (including phenoxy) is 1. The van der Waals surface area contributed by atoms with Crippen molar-refractivity contribution in [1.29, 1.82) is 0 Å². The van der Waals surface area contributed by atoms with Crippen LogP contribution in [-0.4, -0.2) is 63.3 Å². The molecule has 0 amide bonds. The minimum atomic E-state index is -4.19. The fourth-order valence-electron chi connectivity index (χ4n) is 5.30. The quantitative estimate of drug-likeness (QED) is 0.664. The molecule has 2 aliphatic heterocycles. The first kappa shape index (κ1) is 23.3. The molecule has 0 bridgehead atoms. The Labute approximate surface area is 186 Å². The molecule has 0 aliphatic carbocycles. The number of aromatic nitrogens is 4. The fraction of sp³-hybridized carbons (Fsp3) is 0.727. The molecule has 4 rings (SSSR count). The number of nitrogens with one attached hydrogen (secondary N) is 2. The number of rotatable bonds is 7. The summed E-state index contributed by atoms with van der Waals surface area (Å²) in [5.41, 5.74) is 6.23. The number of fused-ring (bicyclic) bond motifs is 2. The standard InChI is InChI=1S/C22H33F3N6O/c1-13(2)20-16-9-31(12-32-4)7-15(6-18(16)26-28-20)5-14(3)21-17-8-30(11-22(23,24)25)10-19(17)27-29-21/h13-15H,5-12H2,1-4H3,(H,26,28)(H,27,29). The number of nitrogens with zero attached hydrogens (tertiary/aromatic N) is 4. The maximum absolute atomic E-state index is 12.8. The van der Waals surface area contributed by atoms with Crippen LogP contribution in [0.3, 0.4) is 0 Å². The van der Waals surface area contributed by atoms with Crippen molar-refractivity contribution >= 4 is 0 Å². The van der Waals surface area contributed by atoms with Crippen LogP contribution in [0.4, 0.5) is 13.2 Å². The SMILES string of the molecule is COCN1Cc2c(C(C)C)n[nH]c2CC(CC(C)c2n[nH]c3c2CN(CC(F)(F)F)C3)C1. The van der Waals surface area contributed by atoms with E-state index in [1.54, 1.807) is 7.11 Å². The molecule has 178 valence electrons. The molecule has 7 nitrogen and oxygen atoms in total. The predicted octanol–water partition coefficient (Wildman–Crippen LogP) is 3.91. The van der Waals surface area contributed by atoms with E-state index in [1.165, 1.54) is 16.2 Å². The molecule has 4 heterocycles. The highest BCUT2D eigenvalue weighted by atomic mass is 19.4. The zero-order valence-corrected chi connectivity index (χ0v) is 19.2. The minimum Gasteiger partial charge on any atom is -0.369 e. The molecule has 0 spiro atoms. The summed E-state index contributed by atoms with van der Waals surface area (Å²) in [4.78, 5) is 3.74. The van der Waals surface area contributed by atoms with Crippen molar-refractivity contribution in [2.75, 3.05) is 26.9 Å². The van der Waals surface area contributed by atoms with E-state index in [0.29, 0.717) is 25.1 Å². The number of halogens is 3. The van der Waals surface area contributed by atoms with Gasteiger partial charge in [0.05, 0.1) is 30.4 Å². The lowest BCUT2D eigenvalue weighted by atomic mass is 9.88. The Hall–Kier alpha value is -1.91. The molecule has 2 atom stereocenters. The van der Waals surface area contributed by atoms with Crippen molar-refractivity contribution in [2.24, 2.45) is 5.92 Å². The third-order valence-corrected chi connectivity index (χ3v) is 6.54. The predicted molar refractivity (Wildman–Crippen MR) is 114 cm³/mol. The Bertz CT molecular complexity index is 921. The highest BCUT2D eigenvalue weighted by molar-refractivity contribution is 5.32. The van der Waals surface area contributed by atoms with Gasteiger partial charge < -0.3 is 4.74 Å². The van der Waals surface area contributed by atoms with Crippen molar-refractivity contribution in [3.8, 4) is 0 Å². The second kappa shape index (κ2) is 9.15. The maximum Gasteiger partial charge on any atom is 0.401 e. The zero-order chi connectivity index (χ0) is 23.0. The summed E-state index contributed by atoms with van der Waals surface area (Å²) >= 11 is 0. The van der Waals surface area contributed by atoms with Crippen LogP contribution < -0.4 is 0 Å². The molecular weight excluding hydrogens is 421 g/mol. The molecule has 0 saturated heterocycles. The number of methoxy groups -OCH3 is 1. The van der Waals surface area contributed by atoms with Crippen LogP contribution >= 0.6 is 0 Å². The van der Waals surface area contributed by atoms with Crippen LogP contribution in [0.5, 0.6) is 0 Å². The van der Waals surface area contributed by atoms with Gasteiger partial charge in [0.25, 0.3) is 0 Å². The Balaban J connectivity index is 1.48. The molecule has 2 aromatic rings. The van der Waals surface area contributed by atoms with Crippen molar-refractivity contribution in [1.82, 2.24) is 30.2 Å². The van der Waals surface area contributed by atoms with Crippen molar-refractivity contribution < 1.29 is 17.9 Å². The Kier molecular flexibility index (Phi) is 6.65. The molecule has 0 aromatic carbocycles. The molecule has 0 fully saturated rings. The molecular formula is C22H33F3N6O. The van der Waals surface area contributed by atoms with Gasteiger partial charge in [-0.3, -0.25) is 20.0 Å². The molecule has 2 unspecified atom stereocenters. The van der Waals surface area contributed by atoms with Gasteiger partial charge in [0.2, 0.25) is 0 Å². The van der Waals surface area contributed by atoms with E-state index in [4.69, 9.17) is 4.74 Å². The lowest BCUT2D eigenvalue weighted by Crippen LogP contribution is -2.31. The van der Waals surface area contributed by atoms with Gasteiger partial charge in [0.15, 0.2) is 0 Å². The van der Waals surface area contributed by atoms with Gasteiger partial charge in [-0.2, -0.15) is 23.4 Å². The summed E-state index contributed by atoms with van der Waals surface area (Å²) in [5.74, 6) is 0.854. The summed E-state index contributed by atoms with van der Waals surface area (Å²) < 4.78 is 43.9. The number of hydrogen-bond donors (Lipinski definition) is 2. The van der Waals surface area contributed by atoms with Crippen LogP contribution in [0.25, 0.3) is 0 Å². The fourth-order valence-corrected chi connectivity index (χ4v) is 5.30. The third kappa shape index (κ3) is 5.02. The van der Waals surface area contributed by atoms with Gasteiger partial charge >= 0.3 is 6.18 Å². The van der Waals surface area contributed by atoms with Gasteiger partial charge in [-0.05, 0) is 24.7 Å². The number of H-pyrrole nitrogens is 2. The van der Waals surface area contributed by atoms with Crippen molar-refractivity contribution in [3.63, 3.8) is 0 Å². The van der Waals surface area contributed by atoms with Gasteiger partial charge in [-0.25, -0.2) is 0 Å². The van der Waals surface area contributed by atoms with E-state index in [1.807, 2.05) is 0 Å². The lowest BCUT2D eigenvalue weighted by Gasteiger charge is -2.25. The second-order valence-electron chi connectivity index (χ2n) is 9.68. The number of hydrogen-bond acceptors (Lipinski definition) is 5. The molecule has 0 saturated carbocycles. The molecule has 32 heavy (non-hydrogen) atoms. The normalized spacial score (nSPS) is 21.1. The van der Waals surface area contributed by atoms with Crippen LogP contribution in [0.15, 0.2) is 0 Å². The molecule has 2 N–H and O–H groups in total. The van der Waals surface area contributed by atoms with Gasteiger partial charge in [0, 0.05) is 56.0 Å². The van der Waals surface area contributed by atoms with Crippen LogP contribution in [0.2, 0.25) is 0 Å². The van der Waals surface area contributed by atoms with E-state index < -0.39 is 12.7 Å². The van der Waals surface area contributed by atoms with Gasteiger partial charge in [-0.15, -0.1) is 0 Å². The highest BCUT2D eigenvalue weighted by Crippen LogP contribution is 2.35. The highest BCUT2D eigenvalue weighted by Gasteiger charge is 2.36. The topological polar surface area (TPSA) is 73.1 Å². The smallest absolute Gasteiger partial charge is 0.369 e. The van der Waals surface area contributed by atoms with Crippen LogP contribution in [0, 0.1) is 5.92 Å². The molecule has 2 aromatic heterocycles. The first-order valence-electron chi connectivity index (χ1n) is 11.3. The summed E-state index contributed by atoms with van der Waals surface area (Å²) in [6.07, 6.45) is -2.40. The van der Waals surface area contributed by atoms with E-state index in [2.05, 4.69) is 46.1 Å². The average molecular weight is 455 g/mol. The first-order valence-corrected chi connectivity index (χ1v) is 11.3. The van der Waals surface area contributed by atoms with Crippen LogP contribution in [0.1, 0.15) is 72.9 Å². The van der Waals surface area contributed by atoms with E-state index in [-0.39, 0.29) is 12.5 Å². The minimum absolute atomic E-state index is 0.143. The van der Waals surface area contributed by atoms with E-state index in [0.717, 1.165) is 48.6 Å². The molecule has 2 aliphatic rings. The van der Waals surface area contributed by atoms with E-state index >= 15 is 0 Å². The Morgan fingerprint density at radius 1 is 1.00 bits per heavy atom. The second-order valence-corrected chi connectivity index (χ2v) is 9.68. The Morgan fingerprint density at radius 3 is 2.34 bits per heavy atom. The van der Waals surface area contributed by atoms with Crippen LogP contribution in [-0.2, 0) is 30.8 Å². The first-order chi connectivity index (χ1) is 15.1. The summed E-state index contributed by atoms with van der Waals surface area (Å²) in [6.45, 7) is 8.37. The van der Waals surface area contributed by atoms with E-state index in [9.17, 15) is 13.2 Å². The number of aromatic amines is 2. The largest absolute Gasteiger partial charge is 0.401 e. The maximum atomic E-state index is 12.8. The lowest BCUT2D eigenvalue weighted by molar-refractivity contribution is -0.147. The third-order valence-electron chi connectivity index (χ3n) is 6.54. The molecule has 0 radical (unpaired) electrons.